The van der Waals surface area contributed by atoms with Gasteiger partial charge in [0.15, 0.2) is 5.78 Å². The third-order valence-electron chi connectivity index (χ3n) is 8.65. The second-order valence-electron chi connectivity index (χ2n) is 10.4. The van der Waals surface area contributed by atoms with Gasteiger partial charge in [-0.2, -0.15) is 0 Å². The number of amides is 2. The highest BCUT2D eigenvalue weighted by molar-refractivity contribution is 6.34. The molecule has 0 unspecified atom stereocenters. The Morgan fingerprint density at radius 3 is 1.84 bits per heavy atom. The van der Waals surface area contributed by atoms with E-state index in [-0.39, 0.29) is 17.6 Å². The fraction of sp³-hybridized carbons (Fsp3) is 0.281. The number of fused-ring (bicyclic) bond motifs is 5. The molecule has 2 amide bonds. The minimum absolute atomic E-state index is 0.00522. The molecule has 3 aliphatic rings. The maximum absolute atomic E-state index is 14.6. The lowest BCUT2D eigenvalue weighted by atomic mass is 9.61. The molecule has 3 aromatic rings. The van der Waals surface area contributed by atoms with Crippen LogP contribution in [0.25, 0.3) is 11.1 Å². The van der Waals surface area contributed by atoms with E-state index in [1.807, 2.05) is 74.5 Å². The Morgan fingerprint density at radius 1 is 0.757 bits per heavy atom. The van der Waals surface area contributed by atoms with Crippen LogP contribution in [-0.2, 0) is 14.4 Å². The molecule has 186 valence electrons. The predicted octanol–water partition coefficient (Wildman–Crippen LogP) is 5.80. The number of carbonyl (C=O) groups excluding carboxylic acids is 3. The van der Waals surface area contributed by atoms with Gasteiger partial charge >= 0.3 is 0 Å². The number of ketones is 1. The molecule has 5 heteroatoms. The summed E-state index contributed by atoms with van der Waals surface area (Å²) in [5.74, 6) is -1.41. The molecule has 0 spiro atoms. The highest BCUT2D eigenvalue weighted by atomic mass is 16.5. The summed E-state index contributed by atoms with van der Waals surface area (Å²) in [7, 11) is 1.58. The Bertz CT molecular complexity index is 1440. The minimum Gasteiger partial charge on any atom is -0.497 e. The van der Waals surface area contributed by atoms with Crippen molar-refractivity contribution in [3.63, 3.8) is 0 Å². The lowest BCUT2D eigenvalue weighted by molar-refractivity contribution is -0.134. The van der Waals surface area contributed by atoms with E-state index in [0.29, 0.717) is 24.3 Å². The van der Waals surface area contributed by atoms with Crippen LogP contribution in [0.4, 0.5) is 5.69 Å². The second kappa shape index (κ2) is 8.27. The standard InChI is InChI=1S/C32H29NO4/c1-4-19-32-25(21-13-9-6-10-14-21)24(20-11-7-5-8-12-20)31(2,30(32)36)26-27(32)29(35)33(28(26)34)22-15-17-23(37-3)18-16-22/h5-18,26-27H,4,19H2,1-3H3/t26-,27+,31+,32-/m1/s1. The van der Waals surface area contributed by atoms with Gasteiger partial charge in [-0.15, -0.1) is 0 Å². The Labute approximate surface area is 216 Å². The van der Waals surface area contributed by atoms with Crippen molar-refractivity contribution in [2.24, 2.45) is 22.7 Å². The predicted molar refractivity (Wildman–Crippen MR) is 143 cm³/mol. The number of hydrogen-bond acceptors (Lipinski definition) is 4. The second-order valence-corrected chi connectivity index (χ2v) is 10.4. The molecule has 0 radical (unpaired) electrons. The molecule has 6 rings (SSSR count). The minimum atomic E-state index is -1.11. The van der Waals surface area contributed by atoms with Crippen LogP contribution in [0.1, 0.15) is 37.8 Å². The van der Waals surface area contributed by atoms with E-state index < -0.39 is 22.7 Å². The summed E-state index contributed by atoms with van der Waals surface area (Å²) in [5.41, 5.74) is 2.00. The number of ether oxygens (including phenoxy) is 1. The summed E-state index contributed by atoms with van der Waals surface area (Å²) in [6.07, 6.45) is 1.23. The molecule has 1 saturated carbocycles. The molecule has 5 nitrogen and oxygen atoms in total. The zero-order chi connectivity index (χ0) is 25.9. The molecular weight excluding hydrogens is 462 g/mol. The Kier molecular flexibility index (Phi) is 5.23. The number of hydrogen-bond donors (Lipinski definition) is 0. The van der Waals surface area contributed by atoms with Crippen LogP contribution in [0.5, 0.6) is 5.75 Å². The SMILES string of the molecule is CCC[C@@]12C(=O)[C@@](C)(C(c3ccccc3)=C1c1ccccc1)[C@H]1C(=O)N(c3ccc(OC)cc3)C(=O)[C@H]12. The van der Waals surface area contributed by atoms with Gasteiger partial charge in [-0.3, -0.25) is 14.4 Å². The van der Waals surface area contributed by atoms with Crippen LogP contribution in [0.3, 0.4) is 0 Å². The summed E-state index contributed by atoms with van der Waals surface area (Å²) in [5, 5.41) is 0. The van der Waals surface area contributed by atoms with Crippen molar-refractivity contribution >= 4 is 34.4 Å². The quantitative estimate of drug-likeness (QED) is 0.409. The molecule has 0 aromatic heterocycles. The van der Waals surface area contributed by atoms with Gasteiger partial charge in [0.05, 0.1) is 35.5 Å². The van der Waals surface area contributed by atoms with Crippen LogP contribution in [-0.4, -0.2) is 24.7 Å². The molecule has 1 heterocycles. The molecule has 0 N–H and O–H groups in total. The van der Waals surface area contributed by atoms with Gasteiger partial charge < -0.3 is 4.74 Å². The molecule has 2 aliphatic carbocycles. The van der Waals surface area contributed by atoms with Crippen molar-refractivity contribution in [2.45, 2.75) is 26.7 Å². The molecule has 2 fully saturated rings. The lowest BCUT2D eigenvalue weighted by Crippen LogP contribution is -2.41. The van der Waals surface area contributed by atoms with Crippen LogP contribution in [0, 0.1) is 22.7 Å². The smallest absolute Gasteiger partial charge is 0.239 e. The number of imide groups is 1. The number of benzene rings is 3. The van der Waals surface area contributed by atoms with Gasteiger partial charge in [0, 0.05) is 0 Å². The van der Waals surface area contributed by atoms with Crippen molar-refractivity contribution in [3.8, 4) is 5.75 Å². The van der Waals surface area contributed by atoms with Crippen LogP contribution in [0.15, 0.2) is 84.9 Å². The first-order valence-electron chi connectivity index (χ1n) is 12.8. The average Bonchev–Trinajstić information content (AvgIpc) is 3.39. The monoisotopic (exact) mass is 491 g/mol. The molecule has 1 aliphatic heterocycles. The fourth-order valence-corrected chi connectivity index (χ4v) is 7.34. The number of Topliss-reactive ketones (excluding diaryl/α,β-unsaturated/α-hetero) is 1. The maximum Gasteiger partial charge on any atom is 0.239 e. The van der Waals surface area contributed by atoms with Gasteiger partial charge in [-0.1, -0.05) is 74.0 Å². The highest BCUT2D eigenvalue weighted by Crippen LogP contribution is 2.74. The number of nitrogens with zero attached hydrogens (tertiary/aromatic N) is 1. The zero-order valence-electron chi connectivity index (χ0n) is 21.2. The molecule has 2 bridgehead atoms. The van der Waals surface area contributed by atoms with E-state index >= 15 is 0 Å². The van der Waals surface area contributed by atoms with Crippen molar-refractivity contribution in [1.82, 2.24) is 0 Å². The van der Waals surface area contributed by atoms with E-state index in [1.165, 1.54) is 4.90 Å². The number of anilines is 1. The van der Waals surface area contributed by atoms with Gasteiger partial charge in [-0.25, -0.2) is 4.90 Å². The molecular formula is C32H29NO4. The van der Waals surface area contributed by atoms with Gasteiger partial charge in [0.2, 0.25) is 11.8 Å². The Balaban J connectivity index is 1.62. The van der Waals surface area contributed by atoms with E-state index in [1.54, 1.807) is 31.4 Å². The summed E-state index contributed by atoms with van der Waals surface area (Å²) in [6.45, 7) is 3.93. The van der Waals surface area contributed by atoms with Gasteiger partial charge in [0.1, 0.15) is 5.75 Å². The van der Waals surface area contributed by atoms with Gasteiger partial charge in [-0.05, 0) is 59.9 Å². The van der Waals surface area contributed by atoms with Crippen LogP contribution >= 0.6 is 0 Å². The summed E-state index contributed by atoms with van der Waals surface area (Å²) in [4.78, 5) is 44.3. The molecule has 1 saturated heterocycles. The Hall–Kier alpha value is -3.99. The first kappa shape index (κ1) is 23.4. The van der Waals surface area contributed by atoms with E-state index in [0.717, 1.165) is 22.3 Å². The number of carbonyl (C=O) groups is 3. The molecule has 37 heavy (non-hydrogen) atoms. The molecule has 3 aromatic carbocycles. The first-order valence-corrected chi connectivity index (χ1v) is 12.8. The maximum atomic E-state index is 14.6. The Morgan fingerprint density at radius 2 is 1.30 bits per heavy atom. The zero-order valence-corrected chi connectivity index (χ0v) is 21.2. The highest BCUT2D eigenvalue weighted by Gasteiger charge is 2.80. The number of methoxy groups -OCH3 is 1. The fourth-order valence-electron chi connectivity index (χ4n) is 7.34. The van der Waals surface area contributed by atoms with Crippen molar-refractivity contribution < 1.29 is 19.1 Å². The van der Waals surface area contributed by atoms with Crippen molar-refractivity contribution in [3.05, 3.63) is 96.1 Å². The molecule has 4 atom stereocenters. The lowest BCUT2D eigenvalue weighted by Gasteiger charge is -2.37. The first-order chi connectivity index (χ1) is 17.9. The van der Waals surface area contributed by atoms with Crippen molar-refractivity contribution in [2.75, 3.05) is 12.0 Å². The van der Waals surface area contributed by atoms with E-state index in [9.17, 15) is 14.4 Å². The van der Waals surface area contributed by atoms with Gasteiger partial charge in [0.25, 0.3) is 0 Å². The summed E-state index contributed by atoms with van der Waals surface area (Å²) in [6, 6.07) is 26.8. The third-order valence-corrected chi connectivity index (χ3v) is 8.65. The largest absolute Gasteiger partial charge is 0.497 e. The average molecular weight is 492 g/mol. The van der Waals surface area contributed by atoms with E-state index in [2.05, 4.69) is 0 Å². The normalized spacial score (nSPS) is 28.3. The van der Waals surface area contributed by atoms with E-state index in [4.69, 9.17) is 4.74 Å². The third kappa shape index (κ3) is 2.88. The topological polar surface area (TPSA) is 63.7 Å². The van der Waals surface area contributed by atoms with Crippen LogP contribution in [0.2, 0.25) is 0 Å². The van der Waals surface area contributed by atoms with Crippen LogP contribution < -0.4 is 9.64 Å². The summed E-state index contributed by atoms with van der Waals surface area (Å²) >= 11 is 0. The number of rotatable bonds is 6. The summed E-state index contributed by atoms with van der Waals surface area (Å²) < 4.78 is 5.27. The van der Waals surface area contributed by atoms with Crippen molar-refractivity contribution in [1.29, 1.82) is 0 Å². The number of allylic oxidation sites excluding steroid dienone is 2.